The summed E-state index contributed by atoms with van der Waals surface area (Å²) < 4.78 is 12.1. The van der Waals surface area contributed by atoms with E-state index in [1.807, 2.05) is 12.2 Å². The molecular formula is C54H40N2O. The first-order chi connectivity index (χ1) is 27.7. The molecule has 3 heteroatoms. The lowest BCUT2D eigenvalue weighted by Gasteiger charge is -2.23. The second-order valence-electron chi connectivity index (χ2n) is 17.0. The van der Waals surface area contributed by atoms with Gasteiger partial charge in [-0.05, 0) is 105 Å². The van der Waals surface area contributed by atoms with E-state index in [1.54, 1.807) is 0 Å². The van der Waals surface area contributed by atoms with E-state index in [1.165, 1.54) is 60.8 Å². The standard InChI is InChI=1S/C54H40N2O/c1-7-33-35-23-21-31(29-43(35)53(3,4)41(33)8-2)55-45-19-13-10-16-39(45)49-47(55)27-25-37-38-26-28-48-50(52(38)57-51(37)49)40-17-11-14-20-46(40)56(48)32-22-24-36-34-15-9-12-18-42(34)54(5,6)44(36)30-32/h7-30H,1-2H2,3-6H3. The van der Waals surface area contributed by atoms with Crippen molar-refractivity contribution in [1.29, 1.82) is 0 Å². The molecule has 0 fully saturated rings. The van der Waals surface area contributed by atoms with Gasteiger partial charge in [0.15, 0.2) is 0 Å². The first-order valence-corrected chi connectivity index (χ1v) is 19.9. The summed E-state index contributed by atoms with van der Waals surface area (Å²) in [5, 5.41) is 6.89. The van der Waals surface area contributed by atoms with Crippen molar-refractivity contribution >= 4 is 71.1 Å². The Kier molecular flexibility index (Phi) is 6.21. The molecule has 0 N–H and O–H groups in total. The van der Waals surface area contributed by atoms with Crippen LogP contribution in [0, 0.1) is 0 Å². The van der Waals surface area contributed by atoms with Gasteiger partial charge >= 0.3 is 0 Å². The molecule has 2 aliphatic rings. The summed E-state index contributed by atoms with van der Waals surface area (Å²) >= 11 is 0. The number of rotatable bonds is 4. The monoisotopic (exact) mass is 732 g/mol. The Hall–Kier alpha value is -6.84. The van der Waals surface area contributed by atoms with Crippen LogP contribution in [0.5, 0.6) is 0 Å². The topological polar surface area (TPSA) is 23.0 Å². The van der Waals surface area contributed by atoms with Gasteiger partial charge in [0.25, 0.3) is 0 Å². The zero-order chi connectivity index (χ0) is 38.5. The van der Waals surface area contributed by atoms with E-state index in [4.69, 9.17) is 4.42 Å². The smallest absolute Gasteiger partial charge is 0.145 e. The van der Waals surface area contributed by atoms with Crippen molar-refractivity contribution in [3.05, 3.63) is 187 Å². The second-order valence-corrected chi connectivity index (χ2v) is 17.0. The average molecular weight is 733 g/mol. The van der Waals surface area contributed by atoms with Crippen LogP contribution in [-0.4, -0.2) is 9.13 Å². The van der Waals surface area contributed by atoms with Crippen molar-refractivity contribution in [2.24, 2.45) is 0 Å². The van der Waals surface area contributed by atoms with Crippen molar-refractivity contribution in [3.8, 4) is 22.5 Å². The number of furan rings is 1. The Morgan fingerprint density at radius 1 is 0.456 bits per heavy atom. The zero-order valence-corrected chi connectivity index (χ0v) is 32.6. The SMILES string of the molecule is C=CC1=C(C=C)C(C)(C)c2cc(-n3c4ccccc4c4c5oc6c(ccc7c6c6ccccc6n7-c6ccc7c(c6)C(C)(C)c6ccccc6-7)c5ccc43)ccc21. The van der Waals surface area contributed by atoms with E-state index in [9.17, 15) is 0 Å². The van der Waals surface area contributed by atoms with Crippen LogP contribution >= 0.6 is 0 Å². The van der Waals surface area contributed by atoms with E-state index in [-0.39, 0.29) is 10.8 Å². The van der Waals surface area contributed by atoms with Crippen LogP contribution in [0.15, 0.2) is 169 Å². The zero-order valence-electron chi connectivity index (χ0n) is 32.6. The lowest BCUT2D eigenvalue weighted by Crippen LogP contribution is -2.16. The number of aromatic nitrogens is 2. The van der Waals surface area contributed by atoms with Crippen LogP contribution < -0.4 is 0 Å². The van der Waals surface area contributed by atoms with E-state index >= 15 is 0 Å². The van der Waals surface area contributed by atoms with Gasteiger partial charge in [-0.25, -0.2) is 0 Å². The maximum absolute atomic E-state index is 7.25. The first-order valence-electron chi connectivity index (χ1n) is 19.9. The number of para-hydroxylation sites is 2. The van der Waals surface area contributed by atoms with Crippen LogP contribution in [0.25, 0.3) is 93.6 Å². The summed E-state index contributed by atoms with van der Waals surface area (Å²) in [7, 11) is 0. The van der Waals surface area contributed by atoms with Crippen molar-refractivity contribution < 1.29 is 4.42 Å². The molecule has 57 heavy (non-hydrogen) atoms. The highest BCUT2D eigenvalue weighted by molar-refractivity contribution is 6.29. The Bertz CT molecular complexity index is 3500. The van der Waals surface area contributed by atoms with Crippen LogP contribution in [-0.2, 0) is 10.8 Å². The van der Waals surface area contributed by atoms with E-state index in [0.29, 0.717) is 0 Å². The van der Waals surface area contributed by atoms with Crippen molar-refractivity contribution in [2.45, 2.75) is 38.5 Å². The molecule has 0 unspecified atom stereocenters. The number of allylic oxidation sites excluding steroid dienone is 4. The second kappa shape index (κ2) is 10.9. The third-order valence-electron chi connectivity index (χ3n) is 13.5. The highest BCUT2D eigenvalue weighted by atomic mass is 16.3. The fourth-order valence-corrected chi connectivity index (χ4v) is 10.8. The molecule has 0 saturated heterocycles. The molecule has 0 bridgehead atoms. The molecule has 3 heterocycles. The molecule has 0 amide bonds. The highest BCUT2D eigenvalue weighted by Gasteiger charge is 2.37. The lowest BCUT2D eigenvalue weighted by molar-refractivity contribution is 0.654. The predicted molar refractivity (Wildman–Crippen MR) is 240 cm³/mol. The van der Waals surface area contributed by atoms with Gasteiger partial charge in [-0.1, -0.05) is 126 Å². The summed E-state index contributed by atoms with van der Waals surface area (Å²) in [5.41, 5.74) is 18.8. The molecule has 3 nitrogen and oxygen atoms in total. The van der Waals surface area contributed by atoms with E-state index in [2.05, 4.69) is 183 Å². The van der Waals surface area contributed by atoms with Gasteiger partial charge in [0.2, 0.25) is 0 Å². The molecule has 10 aromatic rings. The summed E-state index contributed by atoms with van der Waals surface area (Å²) in [4.78, 5) is 0. The fraction of sp³-hybridized carbons (Fsp3) is 0.111. The van der Waals surface area contributed by atoms with Crippen molar-refractivity contribution in [3.63, 3.8) is 0 Å². The Balaban J connectivity index is 1.11. The summed E-state index contributed by atoms with van der Waals surface area (Å²) in [5.74, 6) is 0. The van der Waals surface area contributed by atoms with Gasteiger partial charge in [-0.3, -0.25) is 0 Å². The summed E-state index contributed by atoms with van der Waals surface area (Å²) in [6.07, 6.45) is 3.97. The molecule has 12 rings (SSSR count). The maximum atomic E-state index is 7.25. The predicted octanol–water partition coefficient (Wildman–Crippen LogP) is 14.5. The van der Waals surface area contributed by atoms with Crippen LogP contribution in [0.4, 0.5) is 0 Å². The largest absolute Gasteiger partial charge is 0.455 e. The van der Waals surface area contributed by atoms with E-state index < -0.39 is 0 Å². The molecule has 7 aromatic carbocycles. The summed E-state index contributed by atoms with van der Waals surface area (Å²) in [6, 6.07) is 49.4. The molecule has 0 radical (unpaired) electrons. The minimum absolute atomic E-state index is 0.0901. The van der Waals surface area contributed by atoms with Crippen LogP contribution in [0.3, 0.4) is 0 Å². The number of benzene rings is 7. The van der Waals surface area contributed by atoms with Gasteiger partial charge in [0, 0.05) is 43.7 Å². The molecule has 0 spiro atoms. The molecule has 0 atom stereocenters. The minimum Gasteiger partial charge on any atom is -0.455 e. The molecule has 0 aliphatic heterocycles. The summed E-state index contributed by atoms with van der Waals surface area (Å²) in [6.45, 7) is 17.6. The Morgan fingerprint density at radius 3 is 1.54 bits per heavy atom. The number of nitrogens with zero attached hydrogens (tertiary/aromatic N) is 2. The maximum Gasteiger partial charge on any atom is 0.145 e. The molecule has 0 saturated carbocycles. The quantitative estimate of drug-likeness (QED) is 0.177. The molecule has 3 aromatic heterocycles. The number of hydrogen-bond donors (Lipinski definition) is 0. The van der Waals surface area contributed by atoms with Gasteiger partial charge in [-0.2, -0.15) is 0 Å². The minimum atomic E-state index is -0.188. The Labute approximate surface area is 331 Å². The first kappa shape index (κ1) is 32.4. The fourth-order valence-electron chi connectivity index (χ4n) is 10.8. The van der Waals surface area contributed by atoms with Gasteiger partial charge in [-0.15, -0.1) is 0 Å². The van der Waals surface area contributed by atoms with Gasteiger partial charge in [0.1, 0.15) is 11.2 Å². The van der Waals surface area contributed by atoms with Crippen molar-refractivity contribution in [1.82, 2.24) is 9.13 Å². The molecule has 272 valence electrons. The lowest BCUT2D eigenvalue weighted by atomic mass is 9.81. The third kappa shape index (κ3) is 3.96. The third-order valence-corrected chi connectivity index (χ3v) is 13.5. The van der Waals surface area contributed by atoms with E-state index in [0.717, 1.165) is 60.6 Å². The molecular weight excluding hydrogens is 693 g/mol. The van der Waals surface area contributed by atoms with Crippen LogP contribution in [0.2, 0.25) is 0 Å². The van der Waals surface area contributed by atoms with Gasteiger partial charge < -0.3 is 13.6 Å². The average Bonchev–Trinajstić information content (AvgIpc) is 3.98. The highest BCUT2D eigenvalue weighted by Crippen LogP contribution is 2.51. The number of hydrogen-bond acceptors (Lipinski definition) is 1. The molecule has 2 aliphatic carbocycles. The van der Waals surface area contributed by atoms with Gasteiger partial charge in [0.05, 0.1) is 32.8 Å². The van der Waals surface area contributed by atoms with Crippen molar-refractivity contribution in [2.75, 3.05) is 0 Å². The Morgan fingerprint density at radius 2 is 0.965 bits per heavy atom. The number of fused-ring (bicyclic) bond motifs is 15. The normalized spacial score (nSPS) is 15.4. The van der Waals surface area contributed by atoms with Crippen LogP contribution in [0.1, 0.15) is 49.9 Å².